The molecule has 6 heteroatoms. The van der Waals surface area contributed by atoms with Crippen molar-refractivity contribution in [3.8, 4) is 0 Å². The lowest BCUT2D eigenvalue weighted by molar-refractivity contribution is 0.111. The zero-order valence-corrected chi connectivity index (χ0v) is 7.05. The Bertz CT molecular complexity index is 344. The van der Waals surface area contributed by atoms with Crippen LogP contribution >= 0.6 is 11.6 Å². The smallest absolute Gasteiger partial charge is 0.267 e. The Morgan fingerprint density at radius 3 is 2.69 bits per heavy atom. The molecule has 0 aliphatic rings. The van der Waals surface area contributed by atoms with Gasteiger partial charge in [-0.15, -0.1) is 0 Å². The summed E-state index contributed by atoms with van der Waals surface area (Å²) in [5.74, 6) is 0. The molecule has 0 radical (unpaired) electrons. The van der Waals surface area contributed by atoms with Gasteiger partial charge in [-0.3, -0.25) is 4.79 Å². The normalized spacial score (nSPS) is 10.5. The van der Waals surface area contributed by atoms with Crippen LogP contribution in [0.25, 0.3) is 0 Å². The van der Waals surface area contributed by atoms with Gasteiger partial charge in [-0.05, 0) is 0 Å². The van der Waals surface area contributed by atoms with Crippen molar-refractivity contribution < 1.29 is 13.6 Å². The van der Waals surface area contributed by atoms with Crippen LogP contribution in [0.15, 0.2) is 6.20 Å². The summed E-state index contributed by atoms with van der Waals surface area (Å²) in [6, 6.07) is 0. The van der Waals surface area contributed by atoms with E-state index in [0.717, 1.165) is 6.20 Å². The summed E-state index contributed by atoms with van der Waals surface area (Å²) in [6.07, 6.45) is -1.53. The number of aldehydes is 1. The molecule has 0 spiro atoms. The van der Waals surface area contributed by atoms with Crippen LogP contribution in [0.3, 0.4) is 0 Å². The Morgan fingerprint density at radius 2 is 2.23 bits per heavy atom. The molecule has 1 aromatic heterocycles. The van der Waals surface area contributed by atoms with Crippen LogP contribution in [0.2, 0.25) is 5.02 Å². The average Bonchev–Trinajstić information content (AvgIpc) is 2.04. The fourth-order valence-electron chi connectivity index (χ4n) is 0.848. The fraction of sp³-hybridized carbons (Fsp3) is 0.143. The second-order valence-corrected chi connectivity index (χ2v) is 2.64. The highest BCUT2D eigenvalue weighted by Crippen LogP contribution is 2.32. The van der Waals surface area contributed by atoms with Gasteiger partial charge in [0.15, 0.2) is 6.29 Å². The summed E-state index contributed by atoms with van der Waals surface area (Å²) in [4.78, 5) is 13.8. The van der Waals surface area contributed by atoms with E-state index in [9.17, 15) is 13.6 Å². The van der Waals surface area contributed by atoms with E-state index in [1.807, 2.05) is 0 Å². The van der Waals surface area contributed by atoms with E-state index in [2.05, 4.69) is 4.98 Å². The molecule has 0 bridgehead atoms. The first-order valence-corrected chi connectivity index (χ1v) is 3.63. The predicted octanol–water partition coefficient (Wildman–Crippen LogP) is 2.07. The van der Waals surface area contributed by atoms with Crippen LogP contribution in [-0.4, -0.2) is 11.3 Å². The van der Waals surface area contributed by atoms with Crippen LogP contribution in [0.4, 0.5) is 14.5 Å². The first-order valence-electron chi connectivity index (χ1n) is 3.25. The number of nitrogens with two attached hydrogens (primary N) is 1. The van der Waals surface area contributed by atoms with Gasteiger partial charge in [0, 0.05) is 6.20 Å². The third-order valence-electron chi connectivity index (χ3n) is 1.47. The molecule has 0 saturated heterocycles. The summed E-state index contributed by atoms with van der Waals surface area (Å²) in [5, 5.41) is -0.238. The molecular weight excluding hydrogens is 202 g/mol. The molecule has 3 nitrogen and oxygen atoms in total. The molecule has 1 rings (SSSR count). The predicted molar refractivity (Wildman–Crippen MR) is 44.0 cm³/mol. The molecule has 0 aliphatic carbocycles. The van der Waals surface area contributed by atoms with E-state index in [1.54, 1.807) is 0 Å². The van der Waals surface area contributed by atoms with Crippen molar-refractivity contribution in [1.29, 1.82) is 0 Å². The summed E-state index contributed by atoms with van der Waals surface area (Å²) in [5.41, 5.74) is 4.11. The summed E-state index contributed by atoms with van der Waals surface area (Å²) in [6.45, 7) is 0. The topological polar surface area (TPSA) is 56.0 Å². The zero-order chi connectivity index (χ0) is 10.0. The van der Waals surface area contributed by atoms with Gasteiger partial charge in [-0.2, -0.15) is 0 Å². The second kappa shape index (κ2) is 3.66. The Hall–Kier alpha value is -1.23. The number of nitrogen functional groups attached to an aromatic ring is 1. The first-order chi connectivity index (χ1) is 6.07. The van der Waals surface area contributed by atoms with Crippen LogP contribution in [-0.2, 0) is 0 Å². The van der Waals surface area contributed by atoms with Crippen LogP contribution in [0, 0.1) is 0 Å². The Morgan fingerprint density at radius 1 is 1.62 bits per heavy atom. The van der Waals surface area contributed by atoms with Crippen LogP contribution < -0.4 is 5.73 Å². The van der Waals surface area contributed by atoms with Crippen molar-refractivity contribution in [2.24, 2.45) is 0 Å². The number of rotatable bonds is 2. The van der Waals surface area contributed by atoms with E-state index in [4.69, 9.17) is 17.3 Å². The molecule has 1 heterocycles. The third-order valence-corrected chi connectivity index (χ3v) is 1.77. The first kappa shape index (κ1) is 9.85. The van der Waals surface area contributed by atoms with Crippen molar-refractivity contribution in [3.63, 3.8) is 0 Å². The number of alkyl halides is 2. The molecule has 0 aromatic carbocycles. The minimum absolute atomic E-state index is 0.222. The number of halogens is 3. The third kappa shape index (κ3) is 1.75. The van der Waals surface area contributed by atoms with E-state index < -0.39 is 12.0 Å². The van der Waals surface area contributed by atoms with Gasteiger partial charge < -0.3 is 5.73 Å². The number of anilines is 1. The molecular formula is C7H5ClF2N2O. The summed E-state index contributed by atoms with van der Waals surface area (Å²) < 4.78 is 24.6. The number of hydrogen-bond acceptors (Lipinski definition) is 3. The lowest BCUT2D eigenvalue weighted by Crippen LogP contribution is -2.03. The second-order valence-electron chi connectivity index (χ2n) is 2.24. The number of aromatic nitrogens is 1. The fourth-order valence-corrected chi connectivity index (χ4v) is 1.08. The van der Waals surface area contributed by atoms with Gasteiger partial charge in [0.2, 0.25) is 0 Å². The van der Waals surface area contributed by atoms with Crippen LogP contribution in [0.1, 0.15) is 22.5 Å². The highest BCUT2D eigenvalue weighted by molar-refractivity contribution is 6.31. The highest BCUT2D eigenvalue weighted by Gasteiger charge is 2.18. The Labute approximate surface area is 77.5 Å². The van der Waals surface area contributed by atoms with Gasteiger partial charge in [0.05, 0.1) is 16.3 Å². The van der Waals surface area contributed by atoms with Gasteiger partial charge in [-0.1, -0.05) is 11.6 Å². The van der Waals surface area contributed by atoms with Gasteiger partial charge in [0.1, 0.15) is 5.69 Å². The summed E-state index contributed by atoms with van der Waals surface area (Å²) >= 11 is 5.42. The quantitative estimate of drug-likeness (QED) is 0.754. The lowest BCUT2D eigenvalue weighted by Gasteiger charge is -2.07. The Balaban J connectivity index is 3.38. The number of carbonyl (C=O) groups is 1. The SMILES string of the molecule is Nc1c(C=O)ncc(Cl)c1C(F)F. The largest absolute Gasteiger partial charge is 0.396 e. The maximum atomic E-state index is 12.3. The van der Waals surface area contributed by atoms with Crippen LogP contribution in [0.5, 0.6) is 0 Å². The highest BCUT2D eigenvalue weighted by atomic mass is 35.5. The van der Waals surface area contributed by atoms with Crippen molar-refractivity contribution in [2.75, 3.05) is 5.73 Å². The molecule has 0 fully saturated rings. The van der Waals surface area contributed by atoms with E-state index in [1.165, 1.54) is 0 Å². The molecule has 70 valence electrons. The average molecular weight is 207 g/mol. The molecule has 2 N–H and O–H groups in total. The number of carbonyl (C=O) groups excluding carboxylic acids is 1. The number of hydrogen-bond donors (Lipinski definition) is 1. The molecule has 1 aromatic rings. The van der Waals surface area contributed by atoms with E-state index in [0.29, 0.717) is 6.29 Å². The van der Waals surface area contributed by atoms with Gasteiger partial charge in [-0.25, -0.2) is 13.8 Å². The number of nitrogens with zero attached hydrogens (tertiary/aromatic N) is 1. The molecule has 0 saturated carbocycles. The van der Waals surface area contributed by atoms with Crippen molar-refractivity contribution >= 4 is 23.6 Å². The Kier molecular flexibility index (Phi) is 2.77. The van der Waals surface area contributed by atoms with E-state index >= 15 is 0 Å². The lowest BCUT2D eigenvalue weighted by atomic mass is 10.2. The van der Waals surface area contributed by atoms with Crippen molar-refractivity contribution in [1.82, 2.24) is 4.98 Å². The van der Waals surface area contributed by atoms with Gasteiger partial charge >= 0.3 is 0 Å². The van der Waals surface area contributed by atoms with Crippen molar-refractivity contribution in [3.05, 3.63) is 22.5 Å². The van der Waals surface area contributed by atoms with Gasteiger partial charge in [0.25, 0.3) is 6.43 Å². The maximum absolute atomic E-state index is 12.3. The number of pyridine rings is 1. The monoisotopic (exact) mass is 206 g/mol. The molecule has 0 atom stereocenters. The standard InChI is InChI=1S/C7H5ClF2N2O/c8-3-1-12-4(2-13)6(11)5(3)7(9)10/h1-2,7H,11H2. The summed E-state index contributed by atoms with van der Waals surface area (Å²) in [7, 11) is 0. The maximum Gasteiger partial charge on any atom is 0.267 e. The van der Waals surface area contributed by atoms with E-state index in [-0.39, 0.29) is 16.4 Å². The molecule has 0 unspecified atom stereocenters. The zero-order valence-electron chi connectivity index (χ0n) is 6.30. The molecule has 0 amide bonds. The minimum atomic E-state index is -2.81. The van der Waals surface area contributed by atoms with Crippen molar-refractivity contribution in [2.45, 2.75) is 6.43 Å². The minimum Gasteiger partial charge on any atom is -0.396 e. The molecule has 13 heavy (non-hydrogen) atoms. The molecule has 0 aliphatic heterocycles.